The standard InChI is InChI=1S/C15H19BF2O3/c1-2-3-10-15(17,18)14(9-11-21-16-19)20-12-13-7-5-4-6-8-13/h3-11,14,16,19H,2,12H2,1H3/b10-3+,11-9+. The van der Waals surface area contributed by atoms with Gasteiger partial charge in [-0.05, 0) is 24.1 Å². The predicted molar refractivity (Wildman–Crippen MR) is 79.0 cm³/mol. The molecular formula is C15H19BF2O3. The first-order chi connectivity index (χ1) is 10.1. The predicted octanol–water partition coefficient (Wildman–Crippen LogP) is 2.96. The van der Waals surface area contributed by atoms with E-state index in [1.54, 1.807) is 19.1 Å². The van der Waals surface area contributed by atoms with Crippen molar-refractivity contribution in [3.63, 3.8) is 0 Å². The van der Waals surface area contributed by atoms with Gasteiger partial charge in [-0.15, -0.1) is 0 Å². The average Bonchev–Trinajstić information content (AvgIpc) is 2.49. The van der Waals surface area contributed by atoms with E-state index in [-0.39, 0.29) is 6.61 Å². The van der Waals surface area contributed by atoms with Crippen LogP contribution in [0.1, 0.15) is 18.9 Å². The summed E-state index contributed by atoms with van der Waals surface area (Å²) in [6, 6.07) is 9.06. The topological polar surface area (TPSA) is 38.7 Å². The van der Waals surface area contributed by atoms with Crippen molar-refractivity contribution in [3.8, 4) is 0 Å². The fraction of sp³-hybridized carbons (Fsp3) is 0.333. The highest BCUT2D eigenvalue weighted by Crippen LogP contribution is 2.25. The lowest BCUT2D eigenvalue weighted by atomic mass is 10.1. The number of allylic oxidation sites excluding steroid dienone is 1. The first kappa shape index (κ1) is 17.4. The lowest BCUT2D eigenvalue weighted by Crippen LogP contribution is -2.32. The molecule has 1 N–H and O–H groups in total. The van der Waals surface area contributed by atoms with Gasteiger partial charge < -0.3 is 14.4 Å². The minimum atomic E-state index is -3.15. The van der Waals surface area contributed by atoms with Gasteiger partial charge in [0.15, 0.2) is 0 Å². The summed E-state index contributed by atoms with van der Waals surface area (Å²) in [6.45, 7) is 1.83. The first-order valence-electron chi connectivity index (χ1n) is 6.70. The second-order valence-corrected chi connectivity index (χ2v) is 4.33. The van der Waals surface area contributed by atoms with Crippen molar-refractivity contribution in [2.45, 2.75) is 32.0 Å². The number of hydrogen-bond acceptors (Lipinski definition) is 3. The Morgan fingerprint density at radius 2 is 2.05 bits per heavy atom. The molecule has 1 aromatic rings. The maximum Gasteiger partial charge on any atom is 0.503 e. The molecule has 0 amide bonds. The highest BCUT2D eigenvalue weighted by atomic mass is 19.3. The molecule has 0 fully saturated rings. The van der Waals surface area contributed by atoms with Crippen LogP contribution in [0.3, 0.4) is 0 Å². The molecule has 1 aromatic carbocycles. The Labute approximate surface area is 124 Å². The van der Waals surface area contributed by atoms with Gasteiger partial charge in [0, 0.05) is 0 Å². The van der Waals surface area contributed by atoms with Crippen LogP contribution in [-0.2, 0) is 16.0 Å². The maximum atomic E-state index is 14.0. The lowest BCUT2D eigenvalue weighted by molar-refractivity contribution is -0.0885. The van der Waals surface area contributed by atoms with Gasteiger partial charge in [-0.1, -0.05) is 43.3 Å². The van der Waals surface area contributed by atoms with Gasteiger partial charge in [0.2, 0.25) is 0 Å². The highest BCUT2D eigenvalue weighted by Gasteiger charge is 2.36. The van der Waals surface area contributed by atoms with Crippen LogP contribution >= 0.6 is 0 Å². The maximum absolute atomic E-state index is 14.0. The summed E-state index contributed by atoms with van der Waals surface area (Å²) < 4.78 is 37.9. The van der Waals surface area contributed by atoms with E-state index < -0.39 is 19.7 Å². The van der Waals surface area contributed by atoms with Crippen molar-refractivity contribution in [3.05, 3.63) is 60.4 Å². The monoisotopic (exact) mass is 296 g/mol. The molecule has 1 atom stereocenters. The molecule has 0 radical (unpaired) electrons. The van der Waals surface area contributed by atoms with Crippen molar-refractivity contribution < 1.29 is 23.2 Å². The Balaban J connectivity index is 2.74. The van der Waals surface area contributed by atoms with E-state index in [2.05, 4.69) is 4.65 Å². The van der Waals surface area contributed by atoms with Gasteiger partial charge in [-0.25, -0.2) is 0 Å². The molecule has 0 heterocycles. The summed E-state index contributed by atoms with van der Waals surface area (Å²) in [7, 11) is -0.571. The molecule has 0 aliphatic heterocycles. The molecule has 0 saturated heterocycles. The minimum Gasteiger partial charge on any atom is -0.545 e. The molecule has 114 valence electrons. The molecule has 1 rings (SSSR count). The molecular weight excluding hydrogens is 277 g/mol. The lowest BCUT2D eigenvalue weighted by Gasteiger charge is -2.22. The average molecular weight is 296 g/mol. The molecule has 21 heavy (non-hydrogen) atoms. The Hall–Kier alpha value is -1.66. The van der Waals surface area contributed by atoms with E-state index in [9.17, 15) is 8.78 Å². The van der Waals surface area contributed by atoms with E-state index in [1.807, 2.05) is 18.2 Å². The second-order valence-electron chi connectivity index (χ2n) is 4.33. The van der Waals surface area contributed by atoms with Crippen molar-refractivity contribution in [2.24, 2.45) is 0 Å². The van der Waals surface area contributed by atoms with Gasteiger partial charge >= 0.3 is 7.69 Å². The quantitative estimate of drug-likeness (QED) is 0.432. The van der Waals surface area contributed by atoms with Gasteiger partial charge in [-0.3, -0.25) is 0 Å². The summed E-state index contributed by atoms with van der Waals surface area (Å²) in [5.74, 6) is -3.15. The second kappa shape index (κ2) is 9.31. The van der Waals surface area contributed by atoms with Crippen molar-refractivity contribution >= 4 is 7.69 Å². The number of ether oxygens (including phenoxy) is 1. The van der Waals surface area contributed by atoms with E-state index in [4.69, 9.17) is 9.76 Å². The van der Waals surface area contributed by atoms with E-state index in [1.165, 1.54) is 6.08 Å². The van der Waals surface area contributed by atoms with Crippen LogP contribution in [0.2, 0.25) is 0 Å². The molecule has 0 spiro atoms. The van der Waals surface area contributed by atoms with Crippen LogP contribution < -0.4 is 0 Å². The van der Waals surface area contributed by atoms with Crippen molar-refractivity contribution in [1.29, 1.82) is 0 Å². The number of rotatable bonds is 9. The summed E-state index contributed by atoms with van der Waals surface area (Å²) in [5, 5.41) is 8.52. The Kier molecular flexibility index (Phi) is 7.71. The molecule has 0 aliphatic rings. The van der Waals surface area contributed by atoms with Crippen LogP contribution in [-0.4, -0.2) is 24.7 Å². The van der Waals surface area contributed by atoms with Gasteiger partial charge in [-0.2, -0.15) is 8.78 Å². The summed E-state index contributed by atoms with van der Waals surface area (Å²) in [6.07, 6.45) is 3.37. The highest BCUT2D eigenvalue weighted by molar-refractivity contribution is 6.16. The van der Waals surface area contributed by atoms with E-state index in [0.717, 1.165) is 24.0 Å². The molecule has 3 nitrogen and oxygen atoms in total. The molecule has 0 saturated carbocycles. The third-order valence-corrected chi connectivity index (χ3v) is 2.65. The minimum absolute atomic E-state index is 0.0600. The third kappa shape index (κ3) is 6.55. The van der Waals surface area contributed by atoms with Gasteiger partial charge in [0.1, 0.15) is 6.10 Å². The summed E-state index contributed by atoms with van der Waals surface area (Å²) >= 11 is 0. The van der Waals surface area contributed by atoms with Crippen LogP contribution in [0.15, 0.2) is 54.8 Å². The summed E-state index contributed by atoms with van der Waals surface area (Å²) in [5.41, 5.74) is 0.800. The number of hydrogen-bond donors (Lipinski definition) is 1. The van der Waals surface area contributed by atoms with Crippen LogP contribution in [0.5, 0.6) is 0 Å². The molecule has 6 heteroatoms. The number of alkyl halides is 2. The summed E-state index contributed by atoms with van der Waals surface area (Å²) in [4.78, 5) is 0. The number of benzene rings is 1. The fourth-order valence-corrected chi connectivity index (χ4v) is 1.59. The smallest absolute Gasteiger partial charge is 0.503 e. The van der Waals surface area contributed by atoms with Crippen LogP contribution in [0.4, 0.5) is 8.78 Å². The first-order valence-corrected chi connectivity index (χ1v) is 6.70. The van der Waals surface area contributed by atoms with Crippen molar-refractivity contribution in [1.82, 2.24) is 0 Å². The molecule has 0 bridgehead atoms. The zero-order valence-electron chi connectivity index (χ0n) is 11.9. The van der Waals surface area contributed by atoms with Gasteiger partial charge in [0.05, 0.1) is 12.9 Å². The molecule has 1 unspecified atom stereocenters. The Bertz CT molecular complexity index is 449. The fourth-order valence-electron chi connectivity index (χ4n) is 1.59. The normalized spacial score (nSPS) is 13.7. The third-order valence-electron chi connectivity index (χ3n) is 2.65. The zero-order valence-corrected chi connectivity index (χ0v) is 11.9. The zero-order chi connectivity index (χ0) is 15.6. The van der Waals surface area contributed by atoms with Crippen molar-refractivity contribution in [2.75, 3.05) is 0 Å². The SMILES string of the molecule is CC/C=C/C(F)(F)C(/C=C/OBO)OCc1ccccc1. The van der Waals surface area contributed by atoms with Gasteiger partial charge in [0.25, 0.3) is 5.92 Å². The molecule has 0 aliphatic carbocycles. The Morgan fingerprint density at radius 1 is 1.33 bits per heavy atom. The Morgan fingerprint density at radius 3 is 2.67 bits per heavy atom. The van der Waals surface area contributed by atoms with Crippen LogP contribution in [0.25, 0.3) is 0 Å². The van der Waals surface area contributed by atoms with E-state index >= 15 is 0 Å². The van der Waals surface area contributed by atoms with E-state index in [0.29, 0.717) is 6.42 Å². The largest absolute Gasteiger partial charge is 0.545 e. The molecule has 0 aromatic heterocycles. The van der Waals surface area contributed by atoms with Crippen LogP contribution in [0, 0.1) is 0 Å². The number of halogens is 2.